The van der Waals surface area contributed by atoms with Crippen LogP contribution in [0.3, 0.4) is 0 Å². The summed E-state index contributed by atoms with van der Waals surface area (Å²) in [5.74, 6) is 1.72. The third kappa shape index (κ3) is 5.50. The van der Waals surface area contributed by atoms with E-state index in [1.54, 1.807) is 14.2 Å². The minimum atomic E-state index is -0.240. The van der Waals surface area contributed by atoms with E-state index in [0.29, 0.717) is 29.5 Å². The first-order chi connectivity index (χ1) is 16.1. The lowest BCUT2D eigenvalue weighted by molar-refractivity contribution is -0.114. The molecule has 0 bridgehead atoms. The second kappa shape index (κ2) is 10.5. The molecule has 0 spiro atoms. The second-order valence-electron chi connectivity index (χ2n) is 7.64. The van der Waals surface area contributed by atoms with E-state index in [-0.39, 0.29) is 11.9 Å². The van der Waals surface area contributed by atoms with Gasteiger partial charge in [-0.3, -0.25) is 15.0 Å². The molecule has 9 heteroatoms. The van der Waals surface area contributed by atoms with Crippen molar-refractivity contribution in [1.29, 1.82) is 0 Å². The van der Waals surface area contributed by atoms with Gasteiger partial charge in [-0.25, -0.2) is 4.98 Å². The Morgan fingerprint density at radius 2 is 1.76 bits per heavy atom. The van der Waals surface area contributed by atoms with Gasteiger partial charge in [-0.15, -0.1) is 0 Å². The summed E-state index contributed by atoms with van der Waals surface area (Å²) in [6, 6.07) is 11.6. The number of carbonyl (C=O) groups is 1. The number of hydrogen-bond donors (Lipinski definition) is 1. The van der Waals surface area contributed by atoms with E-state index in [0.717, 1.165) is 49.4 Å². The zero-order valence-corrected chi connectivity index (χ0v) is 19.1. The van der Waals surface area contributed by atoms with Crippen LogP contribution in [-0.2, 0) is 9.53 Å². The van der Waals surface area contributed by atoms with E-state index in [4.69, 9.17) is 18.9 Å². The number of benzene rings is 2. The van der Waals surface area contributed by atoms with E-state index >= 15 is 0 Å². The van der Waals surface area contributed by atoms with E-state index in [1.165, 1.54) is 6.92 Å². The summed E-state index contributed by atoms with van der Waals surface area (Å²) in [7, 11) is 3.22. The molecule has 1 fully saturated rings. The molecule has 0 atom stereocenters. The monoisotopic (exact) mass is 452 g/mol. The summed E-state index contributed by atoms with van der Waals surface area (Å²) in [4.78, 5) is 22.8. The van der Waals surface area contributed by atoms with Gasteiger partial charge in [0.25, 0.3) is 0 Å². The van der Waals surface area contributed by atoms with Crippen molar-refractivity contribution in [2.75, 3.05) is 59.0 Å². The molecule has 174 valence electrons. The molecule has 2 heterocycles. The average Bonchev–Trinajstić information content (AvgIpc) is 2.83. The first-order valence-electron chi connectivity index (χ1n) is 10.8. The zero-order chi connectivity index (χ0) is 23.2. The van der Waals surface area contributed by atoms with Gasteiger partial charge in [-0.2, -0.15) is 4.98 Å². The predicted octanol–water partition coefficient (Wildman–Crippen LogP) is 2.98. The van der Waals surface area contributed by atoms with Crippen LogP contribution in [0.25, 0.3) is 22.0 Å². The number of methoxy groups -OCH3 is 2. The van der Waals surface area contributed by atoms with E-state index in [2.05, 4.69) is 20.2 Å². The topological polar surface area (TPSA) is 95.0 Å². The molecule has 0 aliphatic carbocycles. The number of morpholine rings is 1. The van der Waals surface area contributed by atoms with Gasteiger partial charge >= 0.3 is 0 Å². The van der Waals surface area contributed by atoms with Crippen molar-refractivity contribution in [3.05, 3.63) is 36.4 Å². The number of rotatable bonds is 8. The summed E-state index contributed by atoms with van der Waals surface area (Å²) in [5, 5.41) is 3.42. The van der Waals surface area contributed by atoms with Gasteiger partial charge in [0.2, 0.25) is 17.7 Å². The third-order valence-corrected chi connectivity index (χ3v) is 5.42. The fourth-order valence-electron chi connectivity index (χ4n) is 3.72. The molecule has 1 aliphatic heterocycles. The molecule has 1 N–H and O–H groups in total. The number of ether oxygens (including phenoxy) is 4. The lowest BCUT2D eigenvalue weighted by Gasteiger charge is -2.26. The van der Waals surface area contributed by atoms with E-state index < -0.39 is 0 Å². The Labute approximate surface area is 192 Å². The average molecular weight is 453 g/mol. The summed E-state index contributed by atoms with van der Waals surface area (Å²) in [5.41, 5.74) is 2.59. The van der Waals surface area contributed by atoms with Gasteiger partial charge in [-0.05, 0) is 35.4 Å². The number of carbonyl (C=O) groups excluding carboxylic acids is 1. The Morgan fingerprint density at radius 1 is 1.03 bits per heavy atom. The first kappa shape index (κ1) is 22.8. The van der Waals surface area contributed by atoms with Gasteiger partial charge in [-0.1, -0.05) is 12.1 Å². The standard InChI is InChI=1S/C24H28N4O5/c1-16(29)25-24-26-20-6-4-17(18-5-7-21(30-2)22(15-18)31-3)14-19(20)23(27-24)33-13-10-28-8-11-32-12-9-28/h4-7,14-15H,8-13H2,1-3H3,(H,25,26,27,29). The third-order valence-electron chi connectivity index (χ3n) is 5.42. The minimum absolute atomic E-state index is 0.218. The van der Waals surface area contributed by atoms with Crippen LogP contribution in [0, 0.1) is 0 Å². The largest absolute Gasteiger partial charge is 0.493 e. The highest BCUT2D eigenvalue weighted by molar-refractivity contribution is 5.92. The maximum atomic E-state index is 11.6. The van der Waals surface area contributed by atoms with E-state index in [9.17, 15) is 4.79 Å². The summed E-state index contributed by atoms with van der Waals surface area (Å²) >= 11 is 0. The molecule has 2 aromatic carbocycles. The number of nitrogens with one attached hydrogen (secondary N) is 1. The predicted molar refractivity (Wildman–Crippen MR) is 125 cm³/mol. The van der Waals surface area contributed by atoms with Crippen molar-refractivity contribution in [2.45, 2.75) is 6.92 Å². The minimum Gasteiger partial charge on any atom is -0.493 e. The molecule has 0 saturated carbocycles. The SMILES string of the molecule is COc1ccc(-c2ccc3nc(NC(C)=O)nc(OCCN4CCOCC4)c3c2)cc1OC. The molecule has 1 saturated heterocycles. The summed E-state index contributed by atoms with van der Waals surface area (Å²) in [6.07, 6.45) is 0. The molecule has 3 aromatic rings. The first-order valence-corrected chi connectivity index (χ1v) is 10.8. The van der Waals surface area contributed by atoms with Gasteiger partial charge in [0.15, 0.2) is 11.5 Å². The van der Waals surface area contributed by atoms with Crippen LogP contribution in [0.4, 0.5) is 5.95 Å². The number of anilines is 1. The zero-order valence-electron chi connectivity index (χ0n) is 19.1. The maximum absolute atomic E-state index is 11.6. The highest BCUT2D eigenvalue weighted by atomic mass is 16.5. The number of aromatic nitrogens is 2. The molecule has 33 heavy (non-hydrogen) atoms. The summed E-state index contributed by atoms with van der Waals surface area (Å²) < 4.78 is 22.3. The van der Waals surface area contributed by atoms with Gasteiger partial charge in [0.1, 0.15) is 6.61 Å². The smallest absolute Gasteiger partial charge is 0.233 e. The van der Waals surface area contributed by atoms with Gasteiger partial charge < -0.3 is 18.9 Å². The van der Waals surface area contributed by atoms with Gasteiger partial charge in [0.05, 0.1) is 38.3 Å². The quantitative estimate of drug-likeness (QED) is 0.557. The lowest BCUT2D eigenvalue weighted by Crippen LogP contribution is -2.38. The Balaban J connectivity index is 1.66. The Morgan fingerprint density at radius 3 is 2.48 bits per heavy atom. The molecule has 0 unspecified atom stereocenters. The number of nitrogens with zero attached hydrogens (tertiary/aromatic N) is 3. The van der Waals surface area contributed by atoms with Crippen molar-refractivity contribution in [1.82, 2.24) is 14.9 Å². The van der Waals surface area contributed by atoms with Crippen molar-refractivity contribution in [3.8, 4) is 28.5 Å². The van der Waals surface area contributed by atoms with Crippen LogP contribution >= 0.6 is 0 Å². The van der Waals surface area contributed by atoms with Crippen LogP contribution < -0.4 is 19.5 Å². The highest BCUT2D eigenvalue weighted by Crippen LogP contribution is 2.34. The van der Waals surface area contributed by atoms with Crippen LogP contribution in [0.5, 0.6) is 17.4 Å². The Bertz CT molecular complexity index is 1130. The highest BCUT2D eigenvalue weighted by Gasteiger charge is 2.15. The molecule has 1 aromatic heterocycles. The molecule has 1 amide bonds. The van der Waals surface area contributed by atoms with Crippen LogP contribution in [0.1, 0.15) is 6.92 Å². The second-order valence-corrected chi connectivity index (χ2v) is 7.64. The molecule has 9 nitrogen and oxygen atoms in total. The van der Waals surface area contributed by atoms with Crippen molar-refractivity contribution >= 4 is 22.8 Å². The normalized spacial score (nSPS) is 14.2. The molecule has 0 radical (unpaired) electrons. The molecular formula is C24H28N4O5. The van der Waals surface area contributed by atoms with E-state index in [1.807, 2.05) is 36.4 Å². The van der Waals surface area contributed by atoms with Crippen molar-refractivity contribution in [3.63, 3.8) is 0 Å². The Hall–Kier alpha value is -3.43. The van der Waals surface area contributed by atoms with Crippen LogP contribution in [-0.4, -0.2) is 74.4 Å². The summed E-state index contributed by atoms with van der Waals surface area (Å²) in [6.45, 7) is 5.89. The van der Waals surface area contributed by atoms with Crippen LogP contribution in [0.15, 0.2) is 36.4 Å². The molecular weight excluding hydrogens is 424 g/mol. The fraction of sp³-hybridized carbons (Fsp3) is 0.375. The molecule has 4 rings (SSSR count). The van der Waals surface area contributed by atoms with Crippen LogP contribution in [0.2, 0.25) is 0 Å². The lowest BCUT2D eigenvalue weighted by atomic mass is 10.0. The van der Waals surface area contributed by atoms with Gasteiger partial charge in [0, 0.05) is 26.6 Å². The van der Waals surface area contributed by atoms with Crippen molar-refractivity contribution in [2.24, 2.45) is 0 Å². The number of hydrogen-bond acceptors (Lipinski definition) is 8. The number of amides is 1. The maximum Gasteiger partial charge on any atom is 0.233 e. The molecule has 1 aliphatic rings. The number of fused-ring (bicyclic) bond motifs is 1. The van der Waals surface area contributed by atoms with Crippen molar-refractivity contribution < 1.29 is 23.7 Å². The fourth-order valence-corrected chi connectivity index (χ4v) is 3.72. The Kier molecular flexibility index (Phi) is 7.21.